The van der Waals surface area contributed by atoms with Crippen LogP contribution in [0.5, 0.6) is 0 Å². The molecule has 0 aromatic heterocycles. The van der Waals surface area contributed by atoms with Gasteiger partial charge in [0.2, 0.25) is 21.8 Å². The molecule has 0 bridgehead atoms. The van der Waals surface area contributed by atoms with E-state index in [1.54, 1.807) is 18.2 Å². The number of aliphatic hydroxyl groups excluding tert-OH is 1. The number of rotatable bonds is 12. The Morgan fingerprint density at radius 2 is 1.86 bits per heavy atom. The number of nitrogens with zero attached hydrogens (tertiary/aromatic N) is 3. The van der Waals surface area contributed by atoms with Gasteiger partial charge in [-0.05, 0) is 35.7 Å². The number of amides is 2. The molecule has 1 aliphatic rings. The molecule has 1 fully saturated rings. The molecular weight excluding hydrogens is 500 g/mol. The Morgan fingerprint density at radius 3 is 2.49 bits per heavy atom. The molecular formula is C24H34N6O6S. The number of aliphatic hydroxyl groups is 1. The first-order valence-corrected chi connectivity index (χ1v) is 13.3. The molecule has 0 aliphatic carbocycles. The molecule has 1 saturated heterocycles. The first-order chi connectivity index (χ1) is 17.6. The first kappa shape index (κ1) is 28.3. The quantitative estimate of drug-likeness (QED) is 0.156. The van der Waals surface area contributed by atoms with Crippen LogP contribution in [0.25, 0.3) is 10.8 Å². The van der Waals surface area contributed by atoms with E-state index in [9.17, 15) is 23.1 Å². The van der Waals surface area contributed by atoms with Crippen molar-refractivity contribution in [3.63, 3.8) is 0 Å². The van der Waals surface area contributed by atoms with Gasteiger partial charge in [0.15, 0.2) is 5.96 Å². The zero-order valence-electron chi connectivity index (χ0n) is 20.7. The van der Waals surface area contributed by atoms with Crippen molar-refractivity contribution in [2.24, 2.45) is 22.2 Å². The molecule has 1 aliphatic heterocycles. The Morgan fingerprint density at radius 1 is 1.16 bits per heavy atom. The minimum atomic E-state index is -4.25. The molecule has 3 atom stereocenters. The first-order valence-electron chi connectivity index (χ1n) is 11.9. The van der Waals surface area contributed by atoms with Gasteiger partial charge in [-0.25, -0.2) is 8.42 Å². The Hall–Kier alpha value is -3.26. The van der Waals surface area contributed by atoms with Gasteiger partial charge in [-0.3, -0.25) is 14.6 Å². The van der Waals surface area contributed by atoms with Crippen molar-refractivity contribution in [2.45, 2.75) is 42.3 Å². The molecule has 2 aromatic rings. The highest BCUT2D eigenvalue weighted by atomic mass is 32.2. The minimum absolute atomic E-state index is 0.0238. The number of unbranched alkanes of at least 4 members (excludes halogenated alkanes) is 1. The maximum Gasteiger partial charge on any atom is 0.244 e. The molecule has 37 heavy (non-hydrogen) atoms. The predicted octanol–water partition coefficient (Wildman–Crippen LogP) is -0.654. The third-order valence-electron chi connectivity index (χ3n) is 6.42. The fourth-order valence-corrected chi connectivity index (χ4v) is 6.11. The Kier molecular flexibility index (Phi) is 9.43. The summed E-state index contributed by atoms with van der Waals surface area (Å²) in [5, 5.41) is 11.8. The van der Waals surface area contributed by atoms with E-state index < -0.39 is 46.6 Å². The largest absolute Gasteiger partial charge is 0.394 e. The summed E-state index contributed by atoms with van der Waals surface area (Å²) >= 11 is 0. The summed E-state index contributed by atoms with van der Waals surface area (Å²) < 4.78 is 34.0. The summed E-state index contributed by atoms with van der Waals surface area (Å²) in [5.74, 6) is -1.53. The van der Waals surface area contributed by atoms with Crippen LogP contribution in [0.15, 0.2) is 52.4 Å². The van der Waals surface area contributed by atoms with Gasteiger partial charge in [-0.2, -0.15) is 4.31 Å². The smallest absolute Gasteiger partial charge is 0.244 e. The maximum atomic E-state index is 13.9. The Balaban J connectivity index is 1.96. The highest BCUT2D eigenvalue weighted by Crippen LogP contribution is 2.27. The maximum absolute atomic E-state index is 13.9. The zero-order valence-corrected chi connectivity index (χ0v) is 21.5. The lowest BCUT2D eigenvalue weighted by Gasteiger charge is -2.33. The second-order valence-electron chi connectivity index (χ2n) is 8.84. The van der Waals surface area contributed by atoms with E-state index in [1.807, 2.05) is 12.1 Å². The third-order valence-corrected chi connectivity index (χ3v) is 8.33. The van der Waals surface area contributed by atoms with Gasteiger partial charge in [-0.15, -0.1) is 0 Å². The van der Waals surface area contributed by atoms with E-state index in [-0.39, 0.29) is 36.9 Å². The summed E-state index contributed by atoms with van der Waals surface area (Å²) in [6, 6.07) is 9.51. The lowest BCUT2D eigenvalue weighted by atomic mass is 10.1. The van der Waals surface area contributed by atoms with Crippen LogP contribution in [-0.2, 0) is 24.3 Å². The topological polar surface area (TPSA) is 195 Å². The van der Waals surface area contributed by atoms with Gasteiger partial charge in [0, 0.05) is 33.2 Å². The molecule has 7 N–H and O–H groups in total. The van der Waals surface area contributed by atoms with Crippen molar-refractivity contribution < 1.29 is 27.9 Å². The van der Waals surface area contributed by atoms with E-state index >= 15 is 0 Å². The zero-order chi connectivity index (χ0) is 27.2. The molecule has 2 amide bonds. The Labute approximate surface area is 216 Å². The van der Waals surface area contributed by atoms with Gasteiger partial charge in [0.25, 0.3) is 0 Å². The number of carbonyl (C=O) groups excluding carboxylic acids is 2. The number of fused-ring (bicyclic) bond motifs is 1. The highest BCUT2D eigenvalue weighted by molar-refractivity contribution is 7.89. The van der Waals surface area contributed by atoms with Gasteiger partial charge in [0.1, 0.15) is 12.1 Å². The number of primary amides is 1. The van der Waals surface area contributed by atoms with Crippen LogP contribution in [0.2, 0.25) is 0 Å². The number of guanidine groups is 1. The molecule has 0 radical (unpaired) electrons. The van der Waals surface area contributed by atoms with Crippen molar-refractivity contribution in [1.29, 1.82) is 0 Å². The normalized spacial score (nSPS) is 18.7. The van der Waals surface area contributed by atoms with E-state index in [4.69, 9.17) is 21.9 Å². The number of benzene rings is 2. The number of likely N-dealkylation sites (tertiary alicyclic amines) is 1. The Bertz CT molecular complexity index is 1250. The average Bonchev–Trinajstić information content (AvgIpc) is 3.32. The number of hydrogen-bond donors (Lipinski definition) is 4. The fourth-order valence-electron chi connectivity index (χ4n) is 4.46. The van der Waals surface area contributed by atoms with Crippen molar-refractivity contribution in [3.8, 4) is 0 Å². The van der Waals surface area contributed by atoms with Crippen LogP contribution in [0.1, 0.15) is 19.3 Å². The van der Waals surface area contributed by atoms with Gasteiger partial charge in [-0.1, -0.05) is 30.3 Å². The van der Waals surface area contributed by atoms with Crippen molar-refractivity contribution in [1.82, 2.24) is 9.21 Å². The van der Waals surface area contributed by atoms with E-state index in [0.717, 1.165) is 9.69 Å². The lowest BCUT2D eigenvalue weighted by molar-refractivity contribution is -0.141. The number of methoxy groups -OCH3 is 1. The minimum Gasteiger partial charge on any atom is -0.394 e. The van der Waals surface area contributed by atoms with Crippen LogP contribution in [-0.4, -0.2) is 92.0 Å². The molecule has 0 saturated carbocycles. The molecule has 0 unspecified atom stereocenters. The monoisotopic (exact) mass is 534 g/mol. The molecule has 12 nitrogen and oxygen atoms in total. The van der Waals surface area contributed by atoms with E-state index in [2.05, 4.69) is 4.99 Å². The molecule has 1 heterocycles. The molecule has 13 heteroatoms. The van der Waals surface area contributed by atoms with Gasteiger partial charge < -0.3 is 31.9 Å². The molecule has 202 valence electrons. The van der Waals surface area contributed by atoms with Crippen LogP contribution in [0.3, 0.4) is 0 Å². The molecule has 0 spiro atoms. The summed E-state index contributed by atoms with van der Waals surface area (Å²) in [7, 11) is -2.79. The van der Waals surface area contributed by atoms with Crippen LogP contribution >= 0.6 is 0 Å². The summed E-state index contributed by atoms with van der Waals surface area (Å²) in [5.41, 5.74) is 16.2. The number of nitrogens with two attached hydrogens (primary N) is 3. The third kappa shape index (κ3) is 6.55. The summed E-state index contributed by atoms with van der Waals surface area (Å²) in [6.45, 7) is -0.558. The second kappa shape index (κ2) is 12.3. The van der Waals surface area contributed by atoms with E-state index in [1.165, 1.54) is 24.1 Å². The number of aliphatic imine (C=N–C) groups is 1. The number of carbonyl (C=O) groups is 2. The number of ether oxygens (including phenoxy) is 1. The predicted molar refractivity (Wildman–Crippen MR) is 139 cm³/mol. The standard InChI is InChI=1S/C24H34N6O6S/c1-36-18-13-20(22(25)32)29(14-18)23(33)21(15-31)30(11-5-4-10-28-24(26)27)37(34,35)19-9-8-16-6-2-3-7-17(16)12-19/h2-3,6-9,12,18,20-21,31H,4-5,10-11,13-15H2,1H3,(H2,25,32)(H4,26,27,28)/t18-,20-,21-/m0/s1. The van der Waals surface area contributed by atoms with Gasteiger partial charge in [0.05, 0.1) is 17.6 Å². The van der Waals surface area contributed by atoms with Crippen LogP contribution in [0.4, 0.5) is 0 Å². The SMILES string of the molecule is CO[C@H]1C[C@@H](C(N)=O)N(C(=O)[C@H](CO)N(CCCCN=C(N)N)S(=O)(=O)c2ccc3ccccc3c2)C1. The highest BCUT2D eigenvalue weighted by Gasteiger charge is 2.44. The molecule has 2 aromatic carbocycles. The summed E-state index contributed by atoms with van der Waals surface area (Å²) in [4.78, 5) is 30.7. The van der Waals surface area contributed by atoms with Crippen molar-refractivity contribution in [3.05, 3.63) is 42.5 Å². The number of hydrogen-bond acceptors (Lipinski definition) is 7. The van der Waals surface area contributed by atoms with E-state index in [0.29, 0.717) is 18.2 Å². The second-order valence-corrected chi connectivity index (χ2v) is 10.7. The van der Waals surface area contributed by atoms with Gasteiger partial charge >= 0.3 is 0 Å². The molecule has 3 rings (SSSR count). The van der Waals surface area contributed by atoms with Crippen LogP contribution in [0, 0.1) is 0 Å². The average molecular weight is 535 g/mol. The van der Waals surface area contributed by atoms with Crippen molar-refractivity contribution >= 4 is 38.6 Å². The fraction of sp³-hybridized carbons (Fsp3) is 0.458. The lowest BCUT2D eigenvalue weighted by Crippen LogP contribution is -2.56. The number of sulfonamides is 1. The summed E-state index contributed by atoms with van der Waals surface area (Å²) in [6.07, 6.45) is 0.498. The van der Waals surface area contributed by atoms with Crippen LogP contribution < -0.4 is 17.2 Å². The van der Waals surface area contributed by atoms with Crippen molar-refractivity contribution in [2.75, 3.05) is 33.4 Å².